The van der Waals surface area contributed by atoms with Gasteiger partial charge in [-0.3, -0.25) is 24.0 Å². The summed E-state index contributed by atoms with van der Waals surface area (Å²) in [4.78, 5) is 74.7. The fourth-order valence-corrected chi connectivity index (χ4v) is 6.90. The van der Waals surface area contributed by atoms with Crippen LogP contribution in [0.2, 0.25) is 0 Å². The van der Waals surface area contributed by atoms with E-state index >= 15 is 0 Å². The highest BCUT2D eigenvalue weighted by Gasteiger charge is 2.41. The monoisotopic (exact) mass is 668 g/mol. The Morgan fingerprint density at radius 2 is 1.85 bits per heavy atom. The molecule has 262 valence electrons. The molecule has 2 bridgehead atoms. The third-order valence-electron chi connectivity index (χ3n) is 9.40. The second kappa shape index (κ2) is 15.9. The first-order valence-corrected chi connectivity index (χ1v) is 16.9. The molecule has 5 N–H and O–H groups in total. The van der Waals surface area contributed by atoms with Gasteiger partial charge < -0.3 is 45.3 Å². The molecule has 14 nitrogen and oxygen atoms in total. The molecule has 3 aliphatic rings. The maximum Gasteiger partial charge on any atom is 0.246 e. The minimum Gasteiger partial charge on any atom is -0.388 e. The van der Waals surface area contributed by atoms with Crippen molar-refractivity contribution in [1.82, 2.24) is 30.7 Å². The Balaban J connectivity index is 1.50. The summed E-state index contributed by atoms with van der Waals surface area (Å²) < 4.78 is 11.0. The van der Waals surface area contributed by atoms with Crippen LogP contribution in [0.4, 0.5) is 0 Å². The summed E-state index contributed by atoms with van der Waals surface area (Å²) >= 11 is 0. The Kier molecular flexibility index (Phi) is 11.7. The average Bonchev–Trinajstić information content (AvgIpc) is 3.71. The molecule has 0 spiro atoms. The largest absolute Gasteiger partial charge is 0.388 e. The van der Waals surface area contributed by atoms with E-state index in [0.29, 0.717) is 32.2 Å². The summed E-state index contributed by atoms with van der Waals surface area (Å²) in [6.07, 6.45) is 1.51. The predicted octanol–water partition coefficient (Wildman–Crippen LogP) is 0.230. The van der Waals surface area contributed by atoms with Crippen LogP contribution in [0.15, 0.2) is 30.5 Å². The summed E-state index contributed by atoms with van der Waals surface area (Å²) in [5.41, 5.74) is 1.68. The van der Waals surface area contributed by atoms with Gasteiger partial charge in [0.1, 0.15) is 30.3 Å². The van der Waals surface area contributed by atoms with E-state index in [-0.39, 0.29) is 38.5 Å². The highest BCUT2D eigenvalue weighted by molar-refractivity contribution is 5.96. The van der Waals surface area contributed by atoms with Gasteiger partial charge >= 0.3 is 0 Å². The van der Waals surface area contributed by atoms with E-state index in [9.17, 15) is 29.1 Å². The molecule has 1 aromatic heterocycles. The molecular weight excluding hydrogens is 620 g/mol. The first-order chi connectivity index (χ1) is 23.0. The number of carbonyl (C=O) groups excluding carboxylic acids is 5. The Labute approximate surface area is 280 Å². The zero-order valence-electron chi connectivity index (χ0n) is 27.9. The van der Waals surface area contributed by atoms with Crippen molar-refractivity contribution in [3.8, 4) is 0 Å². The fraction of sp³-hybridized carbons (Fsp3) is 0.618. The molecule has 3 saturated heterocycles. The van der Waals surface area contributed by atoms with Gasteiger partial charge in [-0.25, -0.2) is 0 Å². The number of methoxy groups -OCH3 is 1. The van der Waals surface area contributed by atoms with Gasteiger partial charge in [0.25, 0.3) is 0 Å². The SMILES string of the molecule is COCCC(=O)N1CC(=O)N[C@H](Cc2c[nH]c3ccccc23)C(=O)N2CCC[C@@H]2C(=O)N[C@H](CC(C)C)C(=O)N[C@H]2CCO[C@H](C1)[C@H]2O. The summed E-state index contributed by atoms with van der Waals surface area (Å²) in [6, 6.07) is 4.16. The number of H-pyrrole nitrogens is 1. The van der Waals surface area contributed by atoms with Gasteiger partial charge in [0.15, 0.2) is 0 Å². The zero-order valence-corrected chi connectivity index (χ0v) is 27.9. The van der Waals surface area contributed by atoms with Crippen molar-refractivity contribution in [1.29, 1.82) is 0 Å². The van der Waals surface area contributed by atoms with E-state index in [1.807, 2.05) is 38.1 Å². The summed E-state index contributed by atoms with van der Waals surface area (Å²) in [7, 11) is 1.47. The van der Waals surface area contributed by atoms with Gasteiger partial charge in [-0.1, -0.05) is 32.0 Å². The molecule has 0 radical (unpaired) electrons. The number of hydrogen-bond acceptors (Lipinski definition) is 8. The van der Waals surface area contributed by atoms with Crippen LogP contribution >= 0.6 is 0 Å². The zero-order chi connectivity index (χ0) is 34.4. The number of rotatable bonds is 7. The lowest BCUT2D eigenvalue weighted by Gasteiger charge is -2.38. The Bertz CT molecular complexity index is 1480. The fourth-order valence-electron chi connectivity index (χ4n) is 6.90. The van der Waals surface area contributed by atoms with Crippen molar-refractivity contribution >= 4 is 40.4 Å². The molecular formula is C34H48N6O8. The third kappa shape index (κ3) is 8.34. The number of nitrogens with one attached hydrogen (secondary N) is 4. The maximum atomic E-state index is 14.3. The van der Waals surface area contributed by atoms with Crippen LogP contribution < -0.4 is 16.0 Å². The first-order valence-electron chi connectivity index (χ1n) is 16.9. The third-order valence-corrected chi connectivity index (χ3v) is 9.40. The van der Waals surface area contributed by atoms with E-state index in [4.69, 9.17) is 9.47 Å². The van der Waals surface area contributed by atoms with Crippen LogP contribution in [0.3, 0.4) is 0 Å². The summed E-state index contributed by atoms with van der Waals surface area (Å²) in [5.74, 6) is -2.21. The number of aromatic nitrogens is 1. The van der Waals surface area contributed by atoms with Gasteiger partial charge in [0.05, 0.1) is 32.2 Å². The Morgan fingerprint density at radius 3 is 2.62 bits per heavy atom. The predicted molar refractivity (Wildman–Crippen MR) is 175 cm³/mol. The second-order valence-corrected chi connectivity index (χ2v) is 13.4. The van der Waals surface area contributed by atoms with E-state index in [1.54, 1.807) is 6.20 Å². The maximum absolute atomic E-state index is 14.3. The van der Waals surface area contributed by atoms with Gasteiger partial charge in [-0.2, -0.15) is 0 Å². The molecule has 0 unspecified atom stereocenters. The number of aromatic amines is 1. The minimum atomic E-state index is -1.18. The van der Waals surface area contributed by atoms with Crippen molar-refractivity contribution in [2.24, 2.45) is 5.92 Å². The van der Waals surface area contributed by atoms with Crippen molar-refractivity contribution in [3.05, 3.63) is 36.0 Å². The molecule has 6 atom stereocenters. The average molecular weight is 669 g/mol. The van der Waals surface area contributed by atoms with Crippen LogP contribution in [-0.2, 0) is 39.9 Å². The van der Waals surface area contributed by atoms with Crippen LogP contribution in [0.1, 0.15) is 51.5 Å². The molecule has 48 heavy (non-hydrogen) atoms. The normalized spacial score (nSPS) is 27.8. The standard InChI is InChI=1S/C34H48N6O8/c1-20(2)15-25-32(44)37-24-10-14-48-28(31(24)43)18-39(30(42)11-13-47-3)19-29(41)36-26(16-21-17-35-23-8-5-4-7-22(21)23)34(46)40-12-6-9-27(40)33(45)38-25/h4-5,7-8,17,20,24-28,31,35,43H,6,9-16,18-19H2,1-3H3,(H,36,41)(H,37,44)(H,38,45)/t24-,25+,26+,27+,28+,31-/m0/s1. The minimum absolute atomic E-state index is 0.00935. The molecule has 5 rings (SSSR count). The molecule has 1 aromatic carbocycles. The summed E-state index contributed by atoms with van der Waals surface area (Å²) in [5, 5.41) is 20.9. The quantitative estimate of drug-likeness (QED) is 0.278. The number of fused-ring (bicyclic) bond motifs is 4. The summed E-state index contributed by atoms with van der Waals surface area (Å²) in [6.45, 7) is 4.01. The van der Waals surface area contributed by atoms with E-state index in [1.165, 1.54) is 16.9 Å². The molecule has 14 heteroatoms. The lowest BCUT2D eigenvalue weighted by molar-refractivity contribution is -0.146. The lowest BCUT2D eigenvalue weighted by Crippen LogP contribution is -2.60. The van der Waals surface area contributed by atoms with Crippen molar-refractivity contribution < 1.29 is 38.6 Å². The van der Waals surface area contributed by atoms with Crippen LogP contribution in [0.5, 0.6) is 0 Å². The molecule has 4 heterocycles. The molecule has 0 saturated carbocycles. The number of hydrogen-bond donors (Lipinski definition) is 5. The van der Waals surface area contributed by atoms with Crippen LogP contribution in [-0.4, -0.2) is 126 Å². The van der Waals surface area contributed by atoms with Gasteiger partial charge in [0.2, 0.25) is 29.5 Å². The van der Waals surface area contributed by atoms with E-state index in [2.05, 4.69) is 20.9 Å². The number of nitrogens with zero attached hydrogens (tertiary/aromatic N) is 2. The molecule has 2 aromatic rings. The number of benzene rings is 1. The molecule has 0 aliphatic carbocycles. The number of aliphatic hydroxyl groups excluding tert-OH is 1. The molecule has 3 aliphatic heterocycles. The van der Waals surface area contributed by atoms with Gasteiger partial charge in [-0.15, -0.1) is 0 Å². The van der Waals surface area contributed by atoms with Crippen molar-refractivity contribution in [2.45, 2.75) is 88.7 Å². The second-order valence-electron chi connectivity index (χ2n) is 13.4. The number of para-hydroxylation sites is 1. The number of carbonyl (C=O) groups is 5. The van der Waals surface area contributed by atoms with Crippen LogP contribution in [0.25, 0.3) is 10.9 Å². The lowest BCUT2D eigenvalue weighted by atomic mass is 9.97. The van der Waals surface area contributed by atoms with Crippen LogP contribution in [0, 0.1) is 5.92 Å². The molecule has 5 amide bonds. The Hall–Kier alpha value is -4.01. The number of ether oxygens (including phenoxy) is 2. The van der Waals surface area contributed by atoms with E-state index in [0.717, 1.165) is 16.5 Å². The topological polar surface area (TPSA) is 182 Å². The van der Waals surface area contributed by atoms with Gasteiger partial charge in [-0.05, 0) is 43.2 Å². The highest BCUT2D eigenvalue weighted by Crippen LogP contribution is 2.24. The van der Waals surface area contributed by atoms with E-state index < -0.39 is 72.5 Å². The highest BCUT2D eigenvalue weighted by atomic mass is 16.5. The Morgan fingerprint density at radius 1 is 1.06 bits per heavy atom. The van der Waals surface area contributed by atoms with Crippen molar-refractivity contribution in [2.75, 3.05) is 40.0 Å². The van der Waals surface area contributed by atoms with Crippen molar-refractivity contribution in [3.63, 3.8) is 0 Å². The van der Waals surface area contributed by atoms with Gasteiger partial charge in [0, 0.05) is 43.8 Å². The smallest absolute Gasteiger partial charge is 0.246 e. The first kappa shape index (κ1) is 35.3. The number of aliphatic hydroxyl groups is 1. The molecule has 3 fully saturated rings. The number of amides is 5.